The van der Waals surface area contributed by atoms with Crippen LogP contribution in [0.2, 0.25) is 0 Å². The first-order chi connectivity index (χ1) is 18.5. The van der Waals surface area contributed by atoms with Crippen LogP contribution in [0.4, 0.5) is 9.59 Å². The van der Waals surface area contributed by atoms with Crippen molar-refractivity contribution in [1.82, 2.24) is 19.4 Å². The van der Waals surface area contributed by atoms with E-state index in [0.29, 0.717) is 45.2 Å². The third-order valence-corrected chi connectivity index (χ3v) is 6.21. The zero-order valence-electron chi connectivity index (χ0n) is 21.8. The van der Waals surface area contributed by atoms with Crippen molar-refractivity contribution in [1.29, 1.82) is 0 Å². The van der Waals surface area contributed by atoms with Crippen LogP contribution in [-0.2, 0) is 40.5 Å². The molecule has 2 amide bonds. The molecule has 3 heterocycles. The molecule has 0 saturated heterocycles. The number of hydrogen-bond donors (Lipinski definition) is 0. The third kappa shape index (κ3) is 7.34. The van der Waals surface area contributed by atoms with E-state index in [2.05, 4.69) is 14.5 Å². The predicted octanol–water partition coefficient (Wildman–Crippen LogP) is 4.03. The number of aliphatic imine (C=N–C) groups is 1. The molecule has 0 fully saturated rings. The Morgan fingerprint density at radius 3 is 1.97 bits per heavy atom. The van der Waals surface area contributed by atoms with E-state index >= 15 is 0 Å². The molecule has 0 aliphatic carbocycles. The minimum atomic E-state index is -0.330. The maximum absolute atomic E-state index is 12.1. The number of fused-ring (bicyclic) bond motifs is 1. The van der Waals surface area contributed by atoms with E-state index in [-0.39, 0.29) is 18.8 Å². The topological polar surface area (TPSA) is 98.5 Å². The van der Waals surface area contributed by atoms with Crippen LogP contribution in [0.1, 0.15) is 22.6 Å². The van der Waals surface area contributed by atoms with E-state index in [1.807, 2.05) is 73.8 Å². The van der Waals surface area contributed by atoms with Crippen molar-refractivity contribution in [2.24, 2.45) is 4.99 Å². The molecule has 5 rings (SSSR count). The Morgan fingerprint density at radius 2 is 1.39 bits per heavy atom. The van der Waals surface area contributed by atoms with E-state index in [9.17, 15) is 9.59 Å². The van der Waals surface area contributed by atoms with Crippen molar-refractivity contribution in [2.75, 3.05) is 33.3 Å². The van der Waals surface area contributed by atoms with Crippen LogP contribution >= 0.6 is 0 Å². The highest BCUT2D eigenvalue weighted by atomic mass is 16.6. The van der Waals surface area contributed by atoms with E-state index in [1.165, 1.54) is 0 Å². The van der Waals surface area contributed by atoms with Crippen LogP contribution in [0.25, 0.3) is 0 Å². The van der Waals surface area contributed by atoms with E-state index in [0.717, 1.165) is 29.2 Å². The molecule has 200 valence electrons. The number of benzene rings is 2. The number of imidazole rings is 1. The summed E-state index contributed by atoms with van der Waals surface area (Å²) in [5.41, 5.74) is 3.11. The molecule has 1 aromatic heterocycles. The molecule has 10 heteroatoms. The first kappa shape index (κ1) is 26.7. The molecule has 0 bridgehead atoms. The number of carbonyl (C=O) groups excluding carboxylic acids is 2. The number of nitrogens with zero attached hydrogens (tertiary/aromatic N) is 5. The molecule has 0 N–H and O–H groups in total. The molecule has 0 spiro atoms. The zero-order valence-corrected chi connectivity index (χ0v) is 21.8. The van der Waals surface area contributed by atoms with Gasteiger partial charge in [-0.25, -0.2) is 14.6 Å². The number of rotatable bonds is 4. The number of aromatic nitrogens is 2. The van der Waals surface area contributed by atoms with Gasteiger partial charge in [0.25, 0.3) is 0 Å². The maximum atomic E-state index is 12.1. The van der Waals surface area contributed by atoms with Crippen LogP contribution in [0.3, 0.4) is 0 Å². The summed E-state index contributed by atoms with van der Waals surface area (Å²) in [7, 11) is 1.55. The minimum absolute atomic E-state index is 0.277. The summed E-state index contributed by atoms with van der Waals surface area (Å²) >= 11 is 0. The van der Waals surface area contributed by atoms with Crippen LogP contribution in [0.15, 0.2) is 71.9 Å². The van der Waals surface area contributed by atoms with Crippen molar-refractivity contribution >= 4 is 18.1 Å². The molecule has 3 aromatic rings. The molecule has 10 nitrogen and oxygen atoms in total. The number of hydrogen-bond acceptors (Lipinski definition) is 7. The molecule has 0 saturated carbocycles. The molecule has 0 unspecified atom stereocenters. The highest BCUT2D eigenvalue weighted by molar-refractivity contribution is 5.83. The lowest BCUT2D eigenvalue weighted by Gasteiger charge is -2.27. The molecular formula is C28H33N5O5. The standard InChI is InChI=1S/C15H17N3O2.C13H16N2O3/c1-12-9-16-14-10-17(7-8-18(12)14)15(19)20-11-13-5-3-2-4-6-13;1-17-12-9-15(8-7-14-12)13(16)18-10-11-5-3-2-4-6-11/h2-6,9H,7-8,10-11H2,1H3;2-6H,7-10H2,1H3. The van der Waals surface area contributed by atoms with E-state index in [4.69, 9.17) is 14.2 Å². The first-order valence-corrected chi connectivity index (χ1v) is 12.5. The summed E-state index contributed by atoms with van der Waals surface area (Å²) in [6, 6.07) is 19.3. The summed E-state index contributed by atoms with van der Waals surface area (Å²) in [6.07, 6.45) is 1.23. The van der Waals surface area contributed by atoms with Crippen molar-refractivity contribution in [3.05, 3.63) is 89.5 Å². The van der Waals surface area contributed by atoms with Gasteiger partial charge in [-0.15, -0.1) is 0 Å². The zero-order chi connectivity index (χ0) is 26.7. The minimum Gasteiger partial charge on any atom is -0.483 e. The number of methoxy groups -OCH3 is 1. The van der Waals surface area contributed by atoms with Crippen molar-refractivity contribution in [3.63, 3.8) is 0 Å². The van der Waals surface area contributed by atoms with Gasteiger partial charge in [0.1, 0.15) is 19.0 Å². The van der Waals surface area contributed by atoms with Gasteiger partial charge >= 0.3 is 12.2 Å². The van der Waals surface area contributed by atoms with Crippen molar-refractivity contribution in [3.8, 4) is 0 Å². The molecule has 38 heavy (non-hydrogen) atoms. The lowest BCUT2D eigenvalue weighted by Crippen LogP contribution is -2.41. The predicted molar refractivity (Wildman–Crippen MR) is 142 cm³/mol. The number of aryl methyl sites for hydroxylation is 1. The summed E-state index contributed by atoms with van der Waals surface area (Å²) in [4.78, 5) is 35.6. The highest BCUT2D eigenvalue weighted by Gasteiger charge is 2.23. The third-order valence-electron chi connectivity index (χ3n) is 6.21. The highest BCUT2D eigenvalue weighted by Crippen LogP contribution is 2.15. The molecule has 0 atom stereocenters. The average Bonchev–Trinajstić information content (AvgIpc) is 3.35. The molecular weight excluding hydrogens is 486 g/mol. The molecule has 2 aliphatic heterocycles. The smallest absolute Gasteiger partial charge is 0.410 e. The van der Waals surface area contributed by atoms with Gasteiger partial charge in [0.2, 0.25) is 5.90 Å². The number of ether oxygens (including phenoxy) is 3. The Balaban J connectivity index is 0.000000178. The fourth-order valence-corrected chi connectivity index (χ4v) is 4.06. The van der Waals surface area contributed by atoms with Crippen LogP contribution in [-0.4, -0.2) is 70.7 Å². The summed E-state index contributed by atoms with van der Waals surface area (Å²) in [5, 5.41) is 0. The lowest BCUT2D eigenvalue weighted by molar-refractivity contribution is 0.0860. The van der Waals surface area contributed by atoms with Crippen molar-refractivity contribution < 1.29 is 23.8 Å². The second kappa shape index (κ2) is 13.3. The Morgan fingerprint density at radius 1 is 0.816 bits per heavy atom. The van der Waals surface area contributed by atoms with Gasteiger partial charge < -0.3 is 18.8 Å². The quantitative estimate of drug-likeness (QED) is 0.516. The Labute approximate surface area is 222 Å². The Kier molecular flexibility index (Phi) is 9.33. The fourth-order valence-electron chi connectivity index (χ4n) is 4.06. The second-order valence-electron chi connectivity index (χ2n) is 8.87. The summed E-state index contributed by atoms with van der Waals surface area (Å²) in [5.74, 6) is 1.49. The summed E-state index contributed by atoms with van der Waals surface area (Å²) in [6.45, 7) is 6.09. The largest absolute Gasteiger partial charge is 0.483 e. The Bertz CT molecular complexity index is 1230. The van der Waals surface area contributed by atoms with Crippen LogP contribution in [0, 0.1) is 6.92 Å². The number of carbonyl (C=O) groups is 2. The average molecular weight is 520 g/mol. The van der Waals surface area contributed by atoms with Gasteiger partial charge in [0, 0.05) is 31.5 Å². The second-order valence-corrected chi connectivity index (χ2v) is 8.87. The maximum Gasteiger partial charge on any atom is 0.410 e. The van der Waals surface area contributed by atoms with Gasteiger partial charge in [-0.2, -0.15) is 0 Å². The van der Waals surface area contributed by atoms with Crippen molar-refractivity contribution in [2.45, 2.75) is 33.2 Å². The number of amides is 2. The SMILES string of the molecule is COC1=NCCN(C(=O)OCc2ccccc2)C1.Cc1cnc2n1CCN(C(=O)OCc1ccccc1)C2. The van der Waals surface area contributed by atoms with E-state index in [1.54, 1.807) is 16.9 Å². The normalized spacial score (nSPS) is 14.4. The summed E-state index contributed by atoms with van der Waals surface area (Å²) < 4.78 is 17.8. The molecule has 2 aliphatic rings. The van der Waals surface area contributed by atoms with Gasteiger partial charge in [-0.3, -0.25) is 14.8 Å². The lowest BCUT2D eigenvalue weighted by atomic mass is 10.2. The van der Waals surface area contributed by atoms with Crippen LogP contribution < -0.4 is 0 Å². The van der Waals surface area contributed by atoms with Gasteiger partial charge in [0.05, 0.1) is 26.7 Å². The van der Waals surface area contributed by atoms with Gasteiger partial charge in [0.15, 0.2) is 0 Å². The fraction of sp³-hybridized carbons (Fsp3) is 0.357. The molecule has 2 aromatic carbocycles. The molecule has 0 radical (unpaired) electrons. The van der Waals surface area contributed by atoms with Gasteiger partial charge in [-0.1, -0.05) is 60.7 Å². The van der Waals surface area contributed by atoms with Gasteiger partial charge in [-0.05, 0) is 18.1 Å². The van der Waals surface area contributed by atoms with Crippen LogP contribution in [0.5, 0.6) is 0 Å². The monoisotopic (exact) mass is 519 g/mol. The first-order valence-electron chi connectivity index (χ1n) is 12.5. The van der Waals surface area contributed by atoms with E-state index < -0.39 is 0 Å². The Hall–Kier alpha value is -4.34.